The van der Waals surface area contributed by atoms with Crippen LogP contribution in [0.1, 0.15) is 11.3 Å². The summed E-state index contributed by atoms with van der Waals surface area (Å²) in [4.78, 5) is 0.942. The van der Waals surface area contributed by atoms with Crippen LogP contribution in [0.3, 0.4) is 0 Å². The van der Waals surface area contributed by atoms with Crippen molar-refractivity contribution < 1.29 is 8.42 Å². The van der Waals surface area contributed by atoms with Gasteiger partial charge in [-0.3, -0.25) is 0 Å². The number of hydrogen-bond donors (Lipinski definition) is 1. The van der Waals surface area contributed by atoms with Crippen LogP contribution in [0, 0.1) is 0 Å². The molecule has 78 valence electrons. The molecule has 14 heavy (non-hydrogen) atoms. The van der Waals surface area contributed by atoms with Crippen molar-refractivity contribution >= 4 is 21.2 Å². The van der Waals surface area contributed by atoms with Gasteiger partial charge in [0.05, 0.1) is 11.0 Å². The summed E-state index contributed by atoms with van der Waals surface area (Å²) in [5.41, 5.74) is 0. The molecule has 3 nitrogen and oxygen atoms in total. The van der Waals surface area contributed by atoms with E-state index >= 15 is 0 Å². The molecule has 1 unspecified atom stereocenters. The van der Waals surface area contributed by atoms with Gasteiger partial charge in [0.15, 0.2) is 9.84 Å². The van der Waals surface area contributed by atoms with Gasteiger partial charge in [0, 0.05) is 11.4 Å². The van der Waals surface area contributed by atoms with Crippen molar-refractivity contribution in [1.82, 2.24) is 5.32 Å². The van der Waals surface area contributed by atoms with E-state index in [4.69, 9.17) is 0 Å². The first-order chi connectivity index (χ1) is 6.68. The van der Waals surface area contributed by atoms with Crippen LogP contribution in [0.25, 0.3) is 0 Å². The topological polar surface area (TPSA) is 46.2 Å². The number of nitrogens with one attached hydrogen (secondary N) is 1. The molecule has 1 fully saturated rings. The first-order valence-corrected chi connectivity index (χ1v) is 7.23. The molecule has 0 radical (unpaired) electrons. The summed E-state index contributed by atoms with van der Waals surface area (Å²) in [5, 5.41) is 4.82. The maximum atomic E-state index is 11.9. The van der Waals surface area contributed by atoms with Gasteiger partial charge < -0.3 is 5.32 Å². The molecular formula is C9H13NO2S2. The van der Waals surface area contributed by atoms with Crippen LogP contribution >= 0.6 is 11.3 Å². The molecule has 1 aliphatic rings. The minimum absolute atomic E-state index is 0.176. The smallest absolute Gasteiger partial charge is 0.159 e. The third kappa shape index (κ3) is 2.16. The van der Waals surface area contributed by atoms with E-state index in [1.807, 2.05) is 17.5 Å². The largest absolute Gasteiger partial charge is 0.315 e. The van der Waals surface area contributed by atoms with Crippen molar-refractivity contribution in [3.05, 3.63) is 22.4 Å². The fourth-order valence-electron chi connectivity index (χ4n) is 1.65. The second-order valence-electron chi connectivity index (χ2n) is 3.50. The molecule has 0 aromatic carbocycles. The highest BCUT2D eigenvalue weighted by atomic mass is 32.2. The standard InChI is InChI=1S/C9H13NO2S2/c11-14(12,9-3-4-10-6-9)7-8-2-1-5-13-8/h1-2,5,9-10H,3-4,6-7H2. The van der Waals surface area contributed by atoms with E-state index in [1.54, 1.807) is 0 Å². The predicted octanol–water partition coefficient (Wildman–Crippen LogP) is 1.02. The molecule has 1 aromatic heterocycles. The molecular weight excluding hydrogens is 218 g/mol. The molecule has 2 rings (SSSR count). The summed E-state index contributed by atoms with van der Waals surface area (Å²) in [6.07, 6.45) is 0.758. The Hall–Kier alpha value is -0.390. The van der Waals surface area contributed by atoms with Crippen molar-refractivity contribution in [2.75, 3.05) is 13.1 Å². The number of rotatable bonds is 3. The minimum atomic E-state index is -2.94. The fourth-order valence-corrected chi connectivity index (χ4v) is 4.48. The summed E-state index contributed by atoms with van der Waals surface area (Å²) < 4.78 is 23.7. The average Bonchev–Trinajstić information content (AvgIpc) is 2.71. The Kier molecular flexibility index (Phi) is 2.90. The Morgan fingerprint density at radius 3 is 3.00 bits per heavy atom. The third-order valence-corrected chi connectivity index (χ3v) is 5.64. The Bertz CT molecular complexity index is 377. The molecule has 5 heteroatoms. The molecule has 1 saturated heterocycles. The highest BCUT2D eigenvalue weighted by Gasteiger charge is 2.28. The predicted molar refractivity (Wildman–Crippen MR) is 58.2 cm³/mol. The Morgan fingerprint density at radius 1 is 1.57 bits per heavy atom. The lowest BCUT2D eigenvalue weighted by Crippen LogP contribution is -2.24. The second-order valence-corrected chi connectivity index (χ2v) is 6.81. The van der Waals surface area contributed by atoms with Crippen LogP contribution in [0.15, 0.2) is 17.5 Å². The quantitative estimate of drug-likeness (QED) is 0.845. The lowest BCUT2D eigenvalue weighted by Gasteiger charge is -2.08. The summed E-state index contributed by atoms with van der Waals surface area (Å²) >= 11 is 1.51. The molecule has 1 aromatic rings. The zero-order valence-electron chi connectivity index (χ0n) is 7.77. The van der Waals surface area contributed by atoms with Gasteiger partial charge in [0.1, 0.15) is 0 Å². The van der Waals surface area contributed by atoms with E-state index < -0.39 is 9.84 Å². The molecule has 1 N–H and O–H groups in total. The Labute approximate surface area is 88.1 Å². The SMILES string of the molecule is O=S(=O)(Cc1cccs1)C1CCNC1. The van der Waals surface area contributed by atoms with Crippen LogP contribution in [0.4, 0.5) is 0 Å². The van der Waals surface area contributed by atoms with E-state index in [-0.39, 0.29) is 11.0 Å². The number of thiophene rings is 1. The Morgan fingerprint density at radius 2 is 2.43 bits per heavy atom. The molecule has 1 atom stereocenters. The van der Waals surface area contributed by atoms with Gasteiger partial charge >= 0.3 is 0 Å². The van der Waals surface area contributed by atoms with Crippen molar-refractivity contribution in [1.29, 1.82) is 0 Å². The maximum absolute atomic E-state index is 11.9. The van der Waals surface area contributed by atoms with Gasteiger partial charge in [0.2, 0.25) is 0 Å². The molecule has 0 amide bonds. The van der Waals surface area contributed by atoms with Gasteiger partial charge in [-0.2, -0.15) is 0 Å². The lowest BCUT2D eigenvalue weighted by molar-refractivity contribution is 0.582. The monoisotopic (exact) mass is 231 g/mol. The van der Waals surface area contributed by atoms with E-state index in [0.29, 0.717) is 6.54 Å². The van der Waals surface area contributed by atoms with Crippen molar-refractivity contribution in [2.45, 2.75) is 17.4 Å². The van der Waals surface area contributed by atoms with Gasteiger partial charge in [-0.05, 0) is 24.4 Å². The van der Waals surface area contributed by atoms with Crippen molar-refractivity contribution in [2.24, 2.45) is 0 Å². The van der Waals surface area contributed by atoms with Crippen LogP contribution in [-0.2, 0) is 15.6 Å². The van der Waals surface area contributed by atoms with Crippen LogP contribution in [0.2, 0.25) is 0 Å². The average molecular weight is 231 g/mol. The summed E-state index contributed by atoms with van der Waals surface area (Å²) in [6.45, 7) is 1.45. The molecule has 0 spiro atoms. The van der Waals surface area contributed by atoms with E-state index in [1.165, 1.54) is 11.3 Å². The summed E-state index contributed by atoms with van der Waals surface area (Å²) in [5.74, 6) is 0.205. The molecule has 1 aliphatic heterocycles. The molecule has 0 aliphatic carbocycles. The zero-order valence-corrected chi connectivity index (χ0v) is 9.40. The summed E-state index contributed by atoms with van der Waals surface area (Å²) in [7, 11) is -2.94. The highest BCUT2D eigenvalue weighted by molar-refractivity contribution is 7.91. The first kappa shape index (κ1) is 10.1. The Balaban J connectivity index is 2.09. The van der Waals surface area contributed by atoms with Crippen LogP contribution in [0.5, 0.6) is 0 Å². The molecule has 0 bridgehead atoms. The molecule has 2 heterocycles. The zero-order chi connectivity index (χ0) is 10.0. The normalized spacial score (nSPS) is 22.7. The second kappa shape index (κ2) is 4.00. The van der Waals surface area contributed by atoms with E-state index in [2.05, 4.69) is 5.32 Å². The van der Waals surface area contributed by atoms with E-state index in [0.717, 1.165) is 17.8 Å². The van der Waals surface area contributed by atoms with Crippen LogP contribution < -0.4 is 5.32 Å². The minimum Gasteiger partial charge on any atom is -0.315 e. The lowest BCUT2D eigenvalue weighted by atomic mass is 10.4. The van der Waals surface area contributed by atoms with Gasteiger partial charge in [-0.15, -0.1) is 11.3 Å². The fraction of sp³-hybridized carbons (Fsp3) is 0.556. The van der Waals surface area contributed by atoms with Crippen molar-refractivity contribution in [3.8, 4) is 0 Å². The summed E-state index contributed by atoms with van der Waals surface area (Å²) in [6, 6.07) is 3.77. The van der Waals surface area contributed by atoms with E-state index in [9.17, 15) is 8.42 Å². The van der Waals surface area contributed by atoms with Gasteiger partial charge in [-0.1, -0.05) is 6.07 Å². The van der Waals surface area contributed by atoms with Gasteiger partial charge in [-0.25, -0.2) is 8.42 Å². The first-order valence-electron chi connectivity index (χ1n) is 4.63. The number of sulfone groups is 1. The molecule has 0 saturated carbocycles. The van der Waals surface area contributed by atoms with Gasteiger partial charge in [0.25, 0.3) is 0 Å². The third-order valence-electron chi connectivity index (χ3n) is 2.45. The highest BCUT2D eigenvalue weighted by Crippen LogP contribution is 2.18. The maximum Gasteiger partial charge on any atom is 0.159 e. The number of hydrogen-bond acceptors (Lipinski definition) is 4. The van der Waals surface area contributed by atoms with Crippen LogP contribution in [-0.4, -0.2) is 26.8 Å². The van der Waals surface area contributed by atoms with Crippen molar-refractivity contribution in [3.63, 3.8) is 0 Å².